The molecule has 132 valence electrons. The fourth-order valence-electron chi connectivity index (χ4n) is 3.14. The van der Waals surface area contributed by atoms with E-state index in [1.165, 1.54) is 0 Å². The van der Waals surface area contributed by atoms with Gasteiger partial charge in [0.15, 0.2) is 0 Å². The maximum atomic E-state index is 12.4. The summed E-state index contributed by atoms with van der Waals surface area (Å²) in [5.41, 5.74) is 2.01. The van der Waals surface area contributed by atoms with Crippen LogP contribution >= 0.6 is 11.6 Å². The first-order valence-electron chi connectivity index (χ1n) is 8.39. The minimum atomic E-state index is -0.387. The summed E-state index contributed by atoms with van der Waals surface area (Å²) in [5, 5.41) is 15.1. The van der Waals surface area contributed by atoms with Crippen molar-refractivity contribution in [3.8, 4) is 0 Å². The number of aliphatic hydroxyl groups excluding tert-OH is 1. The van der Waals surface area contributed by atoms with Crippen LogP contribution in [0.3, 0.4) is 0 Å². The third-order valence-electron chi connectivity index (χ3n) is 4.56. The minimum absolute atomic E-state index is 0.0307. The van der Waals surface area contributed by atoms with Gasteiger partial charge in [-0.1, -0.05) is 23.7 Å². The van der Waals surface area contributed by atoms with Gasteiger partial charge in [0.1, 0.15) is 0 Å². The maximum absolute atomic E-state index is 12.4. The standard InChI is InChI=1S/C19H22ClN3O2/c1-22-12-15(11-21-22)4-7-19(25)23-9-8-18(24)16(13-23)10-14-2-5-17(20)6-3-14/h2-7,11-12,16,18,24H,8-10,13H2,1H3/b7-4+/t16-,18-/m1/s1. The highest BCUT2D eigenvalue weighted by Gasteiger charge is 2.29. The van der Waals surface area contributed by atoms with E-state index in [9.17, 15) is 9.90 Å². The van der Waals surface area contributed by atoms with Gasteiger partial charge in [-0.2, -0.15) is 5.10 Å². The van der Waals surface area contributed by atoms with Gasteiger partial charge in [0.25, 0.3) is 0 Å². The number of benzene rings is 1. The largest absolute Gasteiger partial charge is 0.393 e. The Morgan fingerprint density at radius 3 is 2.84 bits per heavy atom. The van der Waals surface area contributed by atoms with E-state index in [2.05, 4.69) is 5.10 Å². The molecule has 0 spiro atoms. The second-order valence-corrected chi connectivity index (χ2v) is 6.95. The number of aryl methyl sites for hydroxylation is 1. The zero-order chi connectivity index (χ0) is 17.8. The molecule has 2 heterocycles. The number of likely N-dealkylation sites (tertiary alicyclic amines) is 1. The molecule has 1 amide bonds. The lowest BCUT2D eigenvalue weighted by Crippen LogP contribution is -2.46. The molecule has 2 aromatic rings. The van der Waals surface area contributed by atoms with Crippen molar-refractivity contribution in [1.82, 2.24) is 14.7 Å². The van der Waals surface area contributed by atoms with Crippen molar-refractivity contribution in [3.05, 3.63) is 58.9 Å². The van der Waals surface area contributed by atoms with Gasteiger partial charge in [0, 0.05) is 48.9 Å². The second kappa shape index (κ2) is 7.85. The molecule has 1 N–H and O–H groups in total. The molecular formula is C19H22ClN3O2. The summed E-state index contributed by atoms with van der Waals surface area (Å²) in [6.07, 6.45) is 7.86. The van der Waals surface area contributed by atoms with Crippen molar-refractivity contribution in [2.45, 2.75) is 18.9 Å². The van der Waals surface area contributed by atoms with Gasteiger partial charge in [-0.05, 0) is 36.6 Å². The smallest absolute Gasteiger partial charge is 0.246 e. The number of piperidine rings is 1. The van der Waals surface area contributed by atoms with Crippen molar-refractivity contribution >= 4 is 23.6 Å². The lowest BCUT2D eigenvalue weighted by atomic mass is 9.88. The molecule has 1 fully saturated rings. The number of amides is 1. The Bertz CT molecular complexity index is 754. The van der Waals surface area contributed by atoms with Crippen LogP contribution in [0.25, 0.3) is 6.08 Å². The Hall–Kier alpha value is -2.11. The number of rotatable bonds is 4. The molecular weight excluding hydrogens is 338 g/mol. The summed E-state index contributed by atoms with van der Waals surface area (Å²) < 4.78 is 1.70. The molecule has 1 saturated heterocycles. The van der Waals surface area contributed by atoms with Crippen LogP contribution < -0.4 is 0 Å². The van der Waals surface area contributed by atoms with Crippen LogP contribution in [-0.4, -0.2) is 44.9 Å². The highest BCUT2D eigenvalue weighted by Crippen LogP contribution is 2.23. The topological polar surface area (TPSA) is 58.4 Å². The Balaban J connectivity index is 1.62. The number of aromatic nitrogens is 2. The van der Waals surface area contributed by atoms with Gasteiger partial charge in [0.2, 0.25) is 5.91 Å². The molecule has 1 aliphatic heterocycles. The highest BCUT2D eigenvalue weighted by atomic mass is 35.5. The molecule has 1 aromatic heterocycles. The van der Waals surface area contributed by atoms with E-state index in [1.54, 1.807) is 27.9 Å². The van der Waals surface area contributed by atoms with Crippen LogP contribution in [0.2, 0.25) is 5.02 Å². The Morgan fingerprint density at radius 2 is 2.16 bits per heavy atom. The molecule has 0 aliphatic carbocycles. The van der Waals surface area contributed by atoms with Gasteiger partial charge < -0.3 is 10.0 Å². The van der Waals surface area contributed by atoms with Crippen LogP contribution in [0.1, 0.15) is 17.5 Å². The molecule has 5 nitrogen and oxygen atoms in total. The number of aliphatic hydroxyl groups is 1. The first-order chi connectivity index (χ1) is 12.0. The van der Waals surface area contributed by atoms with Crippen LogP contribution in [0.4, 0.5) is 0 Å². The summed E-state index contributed by atoms with van der Waals surface area (Å²) in [5.74, 6) is 0.00234. The Kier molecular flexibility index (Phi) is 5.56. The molecule has 3 rings (SSSR count). The fourth-order valence-corrected chi connectivity index (χ4v) is 3.27. The van der Waals surface area contributed by atoms with Gasteiger partial charge >= 0.3 is 0 Å². The van der Waals surface area contributed by atoms with Crippen LogP contribution in [0, 0.1) is 5.92 Å². The third kappa shape index (κ3) is 4.71. The van der Waals surface area contributed by atoms with Gasteiger partial charge in [0.05, 0.1) is 12.3 Å². The summed E-state index contributed by atoms with van der Waals surface area (Å²) in [4.78, 5) is 14.2. The summed E-state index contributed by atoms with van der Waals surface area (Å²) >= 11 is 5.92. The molecule has 6 heteroatoms. The number of nitrogens with zero attached hydrogens (tertiary/aromatic N) is 3. The van der Waals surface area contributed by atoms with E-state index >= 15 is 0 Å². The first-order valence-corrected chi connectivity index (χ1v) is 8.77. The molecule has 1 aliphatic rings. The molecule has 25 heavy (non-hydrogen) atoms. The van der Waals surface area contributed by atoms with Gasteiger partial charge in [-0.3, -0.25) is 9.48 Å². The van der Waals surface area contributed by atoms with Crippen molar-refractivity contribution in [3.63, 3.8) is 0 Å². The lowest BCUT2D eigenvalue weighted by Gasteiger charge is -2.36. The maximum Gasteiger partial charge on any atom is 0.246 e. The zero-order valence-corrected chi connectivity index (χ0v) is 14.9. The molecule has 0 saturated carbocycles. The summed E-state index contributed by atoms with van der Waals surface area (Å²) in [6, 6.07) is 7.65. The fraction of sp³-hybridized carbons (Fsp3) is 0.368. The summed E-state index contributed by atoms with van der Waals surface area (Å²) in [7, 11) is 1.84. The summed E-state index contributed by atoms with van der Waals surface area (Å²) in [6.45, 7) is 1.13. The normalized spacial score (nSPS) is 21.0. The minimum Gasteiger partial charge on any atom is -0.393 e. The van der Waals surface area contributed by atoms with Crippen molar-refractivity contribution in [2.75, 3.05) is 13.1 Å². The van der Waals surface area contributed by atoms with E-state index in [4.69, 9.17) is 11.6 Å². The van der Waals surface area contributed by atoms with Crippen LogP contribution in [0.15, 0.2) is 42.7 Å². The van der Waals surface area contributed by atoms with E-state index < -0.39 is 0 Å². The molecule has 0 unspecified atom stereocenters. The average Bonchev–Trinajstić information content (AvgIpc) is 3.02. The number of carbonyl (C=O) groups excluding carboxylic acids is 1. The van der Waals surface area contributed by atoms with Crippen LogP contribution in [-0.2, 0) is 18.3 Å². The first kappa shape index (κ1) is 17.7. The van der Waals surface area contributed by atoms with Gasteiger partial charge in [-0.15, -0.1) is 0 Å². The van der Waals surface area contributed by atoms with E-state index in [1.807, 2.05) is 37.5 Å². The molecule has 0 bridgehead atoms. The molecule has 2 atom stereocenters. The monoisotopic (exact) mass is 359 g/mol. The quantitative estimate of drug-likeness (QED) is 0.853. The lowest BCUT2D eigenvalue weighted by molar-refractivity contribution is -0.129. The average molecular weight is 360 g/mol. The number of hydrogen-bond acceptors (Lipinski definition) is 3. The van der Waals surface area contributed by atoms with Crippen LogP contribution in [0.5, 0.6) is 0 Å². The predicted octanol–water partition coefficient (Wildman–Crippen LogP) is 2.54. The number of hydrogen-bond donors (Lipinski definition) is 1. The third-order valence-corrected chi connectivity index (χ3v) is 4.81. The Labute approximate surface area is 152 Å². The Morgan fingerprint density at radius 1 is 1.40 bits per heavy atom. The molecule has 1 aromatic carbocycles. The SMILES string of the molecule is Cn1cc(/C=C/C(=O)N2CC[C@@H](O)[C@H](Cc3ccc(Cl)cc3)C2)cn1. The van der Waals surface area contributed by atoms with E-state index in [0.29, 0.717) is 24.5 Å². The predicted molar refractivity (Wildman–Crippen MR) is 98.1 cm³/mol. The number of carbonyl (C=O) groups is 1. The second-order valence-electron chi connectivity index (χ2n) is 6.51. The van der Waals surface area contributed by atoms with Crippen molar-refractivity contribution in [1.29, 1.82) is 0 Å². The number of halogens is 1. The van der Waals surface area contributed by atoms with E-state index in [-0.39, 0.29) is 17.9 Å². The van der Waals surface area contributed by atoms with Gasteiger partial charge in [-0.25, -0.2) is 0 Å². The molecule has 0 radical (unpaired) electrons. The van der Waals surface area contributed by atoms with Crippen molar-refractivity contribution < 1.29 is 9.90 Å². The van der Waals surface area contributed by atoms with E-state index in [0.717, 1.165) is 17.5 Å². The van der Waals surface area contributed by atoms with Crippen molar-refractivity contribution in [2.24, 2.45) is 13.0 Å². The highest BCUT2D eigenvalue weighted by molar-refractivity contribution is 6.30. The zero-order valence-electron chi connectivity index (χ0n) is 14.2.